The number of hydrogen-bond acceptors (Lipinski definition) is 0. The first kappa shape index (κ1) is 15.3. The quantitative estimate of drug-likeness (QED) is 0.515. The number of allylic oxidation sites excluding steroid dienone is 1. The van der Waals surface area contributed by atoms with Crippen molar-refractivity contribution in [3.8, 4) is 11.1 Å². The van der Waals surface area contributed by atoms with E-state index in [2.05, 4.69) is 6.58 Å². The molecule has 0 saturated heterocycles. The number of benzene rings is 3. The van der Waals surface area contributed by atoms with Gasteiger partial charge in [0.2, 0.25) is 0 Å². The lowest BCUT2D eigenvalue weighted by Crippen LogP contribution is -1.91. The number of fused-ring (bicyclic) bond motifs is 1. The molecule has 0 heterocycles. The number of aryl methyl sites for hydroxylation is 1. The SMILES string of the molecule is C=CCCc1ccc2c(F)c(-c3ccc(F)c(F)c3)ccc2c1. The zero-order chi connectivity index (χ0) is 16.4. The average molecular weight is 312 g/mol. The lowest BCUT2D eigenvalue weighted by Gasteiger charge is -2.09. The van der Waals surface area contributed by atoms with Gasteiger partial charge in [-0.3, -0.25) is 0 Å². The van der Waals surface area contributed by atoms with Crippen LogP contribution >= 0.6 is 0 Å². The van der Waals surface area contributed by atoms with Crippen molar-refractivity contribution in [1.29, 1.82) is 0 Å². The van der Waals surface area contributed by atoms with Crippen LogP contribution in [0, 0.1) is 17.5 Å². The van der Waals surface area contributed by atoms with Gasteiger partial charge in [0.1, 0.15) is 5.82 Å². The first-order chi connectivity index (χ1) is 11.1. The zero-order valence-electron chi connectivity index (χ0n) is 12.5. The third kappa shape index (κ3) is 3.00. The van der Waals surface area contributed by atoms with Crippen LogP contribution in [0.1, 0.15) is 12.0 Å². The molecule has 0 saturated carbocycles. The minimum absolute atomic E-state index is 0.259. The van der Waals surface area contributed by atoms with Crippen LogP contribution in [0.2, 0.25) is 0 Å². The van der Waals surface area contributed by atoms with Gasteiger partial charge in [0.25, 0.3) is 0 Å². The lowest BCUT2D eigenvalue weighted by molar-refractivity contribution is 0.509. The molecule has 116 valence electrons. The van der Waals surface area contributed by atoms with Gasteiger partial charge in [-0.05, 0) is 41.5 Å². The summed E-state index contributed by atoms with van der Waals surface area (Å²) in [6.45, 7) is 3.69. The molecule has 0 aliphatic heterocycles. The summed E-state index contributed by atoms with van der Waals surface area (Å²) < 4.78 is 41.2. The average Bonchev–Trinajstić information content (AvgIpc) is 2.56. The maximum absolute atomic E-state index is 14.7. The summed E-state index contributed by atoms with van der Waals surface area (Å²) in [5.74, 6) is -2.35. The third-order valence-electron chi connectivity index (χ3n) is 3.89. The number of rotatable bonds is 4. The summed E-state index contributed by atoms with van der Waals surface area (Å²) in [6, 6.07) is 12.3. The maximum atomic E-state index is 14.7. The first-order valence-electron chi connectivity index (χ1n) is 7.37. The summed E-state index contributed by atoms with van der Waals surface area (Å²) >= 11 is 0. The minimum Gasteiger partial charge on any atom is -0.206 e. The molecule has 0 atom stereocenters. The number of halogens is 3. The van der Waals surface area contributed by atoms with Gasteiger partial charge < -0.3 is 0 Å². The molecule has 0 fully saturated rings. The van der Waals surface area contributed by atoms with Gasteiger partial charge in [0.05, 0.1) is 0 Å². The molecule has 3 aromatic carbocycles. The van der Waals surface area contributed by atoms with Crippen LogP contribution in [0.3, 0.4) is 0 Å². The van der Waals surface area contributed by atoms with Crippen molar-refractivity contribution in [2.24, 2.45) is 0 Å². The molecule has 0 bridgehead atoms. The Morgan fingerprint density at radius 3 is 2.43 bits per heavy atom. The molecule has 0 radical (unpaired) electrons. The predicted octanol–water partition coefficient (Wildman–Crippen LogP) is 6.04. The largest absolute Gasteiger partial charge is 0.206 e. The Morgan fingerprint density at radius 2 is 1.70 bits per heavy atom. The van der Waals surface area contributed by atoms with Crippen LogP contribution in [-0.4, -0.2) is 0 Å². The monoisotopic (exact) mass is 312 g/mol. The van der Waals surface area contributed by atoms with E-state index in [1.807, 2.05) is 18.2 Å². The Labute approximate surface area is 132 Å². The molecule has 0 spiro atoms. The van der Waals surface area contributed by atoms with Crippen LogP contribution in [0.15, 0.2) is 61.2 Å². The molecular weight excluding hydrogens is 297 g/mol. The van der Waals surface area contributed by atoms with Crippen molar-refractivity contribution in [3.05, 3.63) is 84.2 Å². The molecule has 3 rings (SSSR count). The second kappa shape index (κ2) is 6.29. The van der Waals surface area contributed by atoms with Crippen LogP contribution in [0.4, 0.5) is 13.2 Å². The van der Waals surface area contributed by atoms with Gasteiger partial charge in [-0.2, -0.15) is 0 Å². The third-order valence-corrected chi connectivity index (χ3v) is 3.89. The number of hydrogen-bond donors (Lipinski definition) is 0. The Balaban J connectivity index is 2.08. The minimum atomic E-state index is -0.984. The summed E-state index contributed by atoms with van der Waals surface area (Å²) in [6.07, 6.45) is 3.56. The molecule has 23 heavy (non-hydrogen) atoms. The van der Waals surface area contributed by atoms with E-state index in [0.717, 1.165) is 35.9 Å². The smallest absolute Gasteiger partial charge is 0.159 e. The van der Waals surface area contributed by atoms with E-state index in [0.29, 0.717) is 10.9 Å². The van der Waals surface area contributed by atoms with Crippen molar-refractivity contribution in [3.63, 3.8) is 0 Å². The molecule has 3 heteroatoms. The Hall–Kier alpha value is -2.55. The topological polar surface area (TPSA) is 0 Å². The molecule has 0 aromatic heterocycles. The van der Waals surface area contributed by atoms with Gasteiger partial charge in [0.15, 0.2) is 11.6 Å². The highest BCUT2D eigenvalue weighted by Gasteiger charge is 2.12. The molecule has 0 nitrogen and oxygen atoms in total. The molecule has 0 unspecified atom stereocenters. The van der Waals surface area contributed by atoms with Crippen molar-refractivity contribution in [1.82, 2.24) is 0 Å². The maximum Gasteiger partial charge on any atom is 0.159 e. The van der Waals surface area contributed by atoms with Gasteiger partial charge in [-0.25, -0.2) is 13.2 Å². The summed E-state index contributed by atoms with van der Waals surface area (Å²) in [7, 11) is 0. The van der Waals surface area contributed by atoms with E-state index < -0.39 is 17.5 Å². The van der Waals surface area contributed by atoms with E-state index in [9.17, 15) is 13.2 Å². The van der Waals surface area contributed by atoms with Gasteiger partial charge in [-0.1, -0.05) is 42.5 Å². The lowest BCUT2D eigenvalue weighted by atomic mass is 9.98. The summed E-state index contributed by atoms with van der Waals surface area (Å²) in [4.78, 5) is 0. The van der Waals surface area contributed by atoms with E-state index in [1.54, 1.807) is 18.2 Å². The fourth-order valence-electron chi connectivity index (χ4n) is 2.65. The van der Waals surface area contributed by atoms with Crippen molar-refractivity contribution in [2.45, 2.75) is 12.8 Å². The fraction of sp³-hybridized carbons (Fsp3) is 0.100. The molecule has 0 amide bonds. The fourth-order valence-corrected chi connectivity index (χ4v) is 2.65. The predicted molar refractivity (Wildman–Crippen MR) is 87.8 cm³/mol. The van der Waals surface area contributed by atoms with Crippen molar-refractivity contribution < 1.29 is 13.2 Å². The Bertz CT molecular complexity index is 881. The summed E-state index contributed by atoms with van der Waals surface area (Å²) in [5, 5.41) is 1.25. The van der Waals surface area contributed by atoms with Gasteiger partial charge in [0, 0.05) is 10.9 Å². The highest BCUT2D eigenvalue weighted by atomic mass is 19.2. The van der Waals surface area contributed by atoms with Crippen molar-refractivity contribution in [2.75, 3.05) is 0 Å². The van der Waals surface area contributed by atoms with E-state index >= 15 is 0 Å². The van der Waals surface area contributed by atoms with Crippen LogP contribution in [0.5, 0.6) is 0 Å². The Kier molecular flexibility index (Phi) is 4.20. The van der Waals surface area contributed by atoms with Crippen molar-refractivity contribution >= 4 is 10.8 Å². The highest BCUT2D eigenvalue weighted by Crippen LogP contribution is 2.30. The van der Waals surface area contributed by atoms with Crippen LogP contribution < -0.4 is 0 Å². The van der Waals surface area contributed by atoms with Crippen LogP contribution in [-0.2, 0) is 6.42 Å². The molecule has 3 aromatic rings. The van der Waals surface area contributed by atoms with Gasteiger partial charge >= 0.3 is 0 Å². The van der Waals surface area contributed by atoms with E-state index in [1.165, 1.54) is 6.07 Å². The van der Waals surface area contributed by atoms with Crippen LogP contribution in [0.25, 0.3) is 21.9 Å². The van der Waals surface area contributed by atoms with E-state index in [4.69, 9.17) is 0 Å². The zero-order valence-corrected chi connectivity index (χ0v) is 12.5. The molecule has 0 aliphatic rings. The molecular formula is C20H15F3. The second-order valence-corrected chi connectivity index (χ2v) is 5.44. The second-order valence-electron chi connectivity index (χ2n) is 5.44. The van der Waals surface area contributed by atoms with E-state index in [-0.39, 0.29) is 5.56 Å². The van der Waals surface area contributed by atoms with Gasteiger partial charge in [-0.15, -0.1) is 6.58 Å². The normalized spacial score (nSPS) is 10.9. The molecule has 0 aliphatic carbocycles. The molecule has 0 N–H and O–H groups in total. The summed E-state index contributed by atoms with van der Waals surface area (Å²) in [5.41, 5.74) is 1.69. The first-order valence-corrected chi connectivity index (χ1v) is 7.37. The standard InChI is InChI=1S/C20H15F3/c1-2-3-4-13-5-8-16-14(11-13)6-9-17(20(16)23)15-7-10-18(21)19(22)12-15/h2,5-12H,1,3-4H2. The highest BCUT2D eigenvalue weighted by molar-refractivity contribution is 5.88. The Morgan fingerprint density at radius 1 is 0.870 bits per heavy atom.